The Morgan fingerprint density at radius 2 is 1.96 bits per heavy atom. The maximum atomic E-state index is 11.9. The quantitative estimate of drug-likeness (QED) is 0.565. The molecule has 0 aliphatic rings. The van der Waals surface area contributed by atoms with Crippen molar-refractivity contribution in [2.75, 3.05) is 0 Å². The van der Waals surface area contributed by atoms with Gasteiger partial charge in [-0.15, -0.1) is 5.10 Å². The number of carboxylic acids is 1. The molecular formula is C20H19N5O2. The molecule has 136 valence electrons. The molecule has 2 N–H and O–H groups in total. The van der Waals surface area contributed by atoms with Crippen LogP contribution in [-0.2, 0) is 6.54 Å². The number of para-hydroxylation sites is 1. The van der Waals surface area contributed by atoms with Gasteiger partial charge < -0.3 is 10.1 Å². The van der Waals surface area contributed by atoms with E-state index in [4.69, 9.17) is 0 Å². The van der Waals surface area contributed by atoms with E-state index in [-0.39, 0.29) is 5.69 Å². The van der Waals surface area contributed by atoms with Gasteiger partial charge in [0.1, 0.15) is 12.0 Å². The second-order valence-electron chi connectivity index (χ2n) is 6.81. The van der Waals surface area contributed by atoms with Gasteiger partial charge in [0.05, 0.1) is 12.1 Å². The average Bonchev–Trinajstić information content (AvgIpc) is 3.29. The highest BCUT2D eigenvalue weighted by molar-refractivity contribution is 6.08. The van der Waals surface area contributed by atoms with Gasteiger partial charge in [0.15, 0.2) is 0 Å². The first-order chi connectivity index (χ1) is 13.0. The van der Waals surface area contributed by atoms with Gasteiger partial charge in [0, 0.05) is 10.9 Å². The lowest BCUT2D eigenvalue weighted by molar-refractivity contribution is 0.0692. The molecule has 2 aromatic heterocycles. The number of fused-ring (bicyclic) bond motifs is 1. The number of nitrogens with one attached hydrogen (secondary N) is 1. The number of tetrazole rings is 1. The summed E-state index contributed by atoms with van der Waals surface area (Å²) in [5, 5.41) is 21.8. The molecule has 2 aromatic carbocycles. The number of carboxylic acid groups (broad SMARTS) is 1. The number of H-pyrrole nitrogens is 1. The van der Waals surface area contributed by atoms with Crippen LogP contribution < -0.4 is 0 Å². The van der Waals surface area contributed by atoms with Gasteiger partial charge in [-0.25, -0.2) is 9.48 Å². The Bertz CT molecular complexity index is 1100. The van der Waals surface area contributed by atoms with E-state index in [9.17, 15) is 9.90 Å². The Morgan fingerprint density at radius 3 is 2.59 bits per heavy atom. The number of aromatic amines is 1. The van der Waals surface area contributed by atoms with Crippen molar-refractivity contribution in [3.8, 4) is 11.1 Å². The molecule has 0 saturated carbocycles. The van der Waals surface area contributed by atoms with E-state index in [0.29, 0.717) is 18.0 Å². The van der Waals surface area contributed by atoms with E-state index >= 15 is 0 Å². The molecule has 0 spiro atoms. The summed E-state index contributed by atoms with van der Waals surface area (Å²) in [7, 11) is 0. The first kappa shape index (κ1) is 17.0. The molecule has 0 saturated heterocycles. The molecule has 0 bridgehead atoms. The third kappa shape index (κ3) is 3.08. The van der Waals surface area contributed by atoms with Crippen molar-refractivity contribution in [2.24, 2.45) is 0 Å². The van der Waals surface area contributed by atoms with E-state index in [1.54, 1.807) is 11.0 Å². The lowest BCUT2D eigenvalue weighted by Crippen LogP contribution is -2.01. The zero-order chi connectivity index (χ0) is 19.0. The van der Waals surface area contributed by atoms with Crippen LogP contribution in [0.3, 0.4) is 0 Å². The minimum atomic E-state index is -0.964. The lowest BCUT2D eigenvalue weighted by Gasteiger charge is -2.07. The van der Waals surface area contributed by atoms with E-state index in [2.05, 4.69) is 34.4 Å². The van der Waals surface area contributed by atoms with Crippen LogP contribution >= 0.6 is 0 Å². The molecule has 0 aliphatic heterocycles. The van der Waals surface area contributed by atoms with E-state index in [0.717, 1.165) is 27.6 Å². The smallest absolute Gasteiger partial charge is 0.352 e. The maximum absolute atomic E-state index is 11.9. The van der Waals surface area contributed by atoms with Gasteiger partial charge in [-0.1, -0.05) is 56.3 Å². The molecule has 7 nitrogen and oxygen atoms in total. The number of aromatic carboxylic acids is 1. The lowest BCUT2D eigenvalue weighted by atomic mass is 9.96. The summed E-state index contributed by atoms with van der Waals surface area (Å²) >= 11 is 0. The van der Waals surface area contributed by atoms with Crippen LogP contribution in [0, 0.1) is 0 Å². The second-order valence-corrected chi connectivity index (χ2v) is 6.81. The zero-order valence-electron chi connectivity index (χ0n) is 15.0. The molecule has 0 radical (unpaired) electrons. The Balaban J connectivity index is 1.81. The van der Waals surface area contributed by atoms with Gasteiger partial charge in [-0.2, -0.15) is 0 Å². The van der Waals surface area contributed by atoms with Gasteiger partial charge >= 0.3 is 5.97 Å². The highest BCUT2D eigenvalue weighted by Crippen LogP contribution is 2.36. The Labute approximate surface area is 155 Å². The molecule has 0 aliphatic carbocycles. The summed E-state index contributed by atoms with van der Waals surface area (Å²) in [6.07, 6.45) is 1.56. The number of benzene rings is 2. The van der Waals surface area contributed by atoms with Gasteiger partial charge in [-0.3, -0.25) is 0 Å². The zero-order valence-corrected chi connectivity index (χ0v) is 15.0. The van der Waals surface area contributed by atoms with E-state index in [1.807, 2.05) is 42.5 Å². The van der Waals surface area contributed by atoms with Crippen molar-refractivity contribution in [2.45, 2.75) is 26.3 Å². The highest BCUT2D eigenvalue weighted by Gasteiger charge is 2.20. The third-order valence-electron chi connectivity index (χ3n) is 4.68. The summed E-state index contributed by atoms with van der Waals surface area (Å²) in [5.41, 5.74) is 4.82. The van der Waals surface area contributed by atoms with Crippen LogP contribution in [0.1, 0.15) is 41.4 Å². The fourth-order valence-corrected chi connectivity index (χ4v) is 3.40. The Hall–Kier alpha value is -3.48. The molecule has 7 heteroatoms. The first-order valence-corrected chi connectivity index (χ1v) is 8.72. The second kappa shape index (κ2) is 6.68. The number of hydrogen-bond donors (Lipinski definition) is 2. The highest BCUT2D eigenvalue weighted by atomic mass is 16.4. The van der Waals surface area contributed by atoms with Crippen molar-refractivity contribution in [3.05, 3.63) is 65.6 Å². The van der Waals surface area contributed by atoms with E-state index < -0.39 is 5.97 Å². The molecular weight excluding hydrogens is 342 g/mol. The molecule has 4 rings (SSSR count). The minimum Gasteiger partial charge on any atom is -0.477 e. The summed E-state index contributed by atoms with van der Waals surface area (Å²) in [4.78, 5) is 15.0. The number of rotatable bonds is 5. The van der Waals surface area contributed by atoms with Crippen molar-refractivity contribution in [3.63, 3.8) is 0 Å². The maximum Gasteiger partial charge on any atom is 0.352 e. The summed E-state index contributed by atoms with van der Waals surface area (Å²) in [6.45, 7) is 4.76. The predicted molar refractivity (Wildman–Crippen MR) is 102 cm³/mol. The van der Waals surface area contributed by atoms with Crippen LogP contribution in [0.25, 0.3) is 22.0 Å². The first-order valence-electron chi connectivity index (χ1n) is 8.72. The molecule has 27 heavy (non-hydrogen) atoms. The van der Waals surface area contributed by atoms with Crippen LogP contribution in [0.15, 0.2) is 48.8 Å². The van der Waals surface area contributed by atoms with Crippen molar-refractivity contribution < 1.29 is 9.90 Å². The Morgan fingerprint density at radius 1 is 1.19 bits per heavy atom. The van der Waals surface area contributed by atoms with Gasteiger partial charge in [0.25, 0.3) is 0 Å². The monoisotopic (exact) mass is 361 g/mol. The van der Waals surface area contributed by atoms with Gasteiger partial charge in [0.2, 0.25) is 0 Å². The average molecular weight is 361 g/mol. The molecule has 4 aromatic rings. The molecule has 0 amide bonds. The fraction of sp³-hybridized carbons (Fsp3) is 0.200. The van der Waals surface area contributed by atoms with Crippen LogP contribution in [-0.4, -0.2) is 36.3 Å². The molecule has 2 heterocycles. The van der Waals surface area contributed by atoms with Gasteiger partial charge in [-0.05, 0) is 33.0 Å². The van der Waals surface area contributed by atoms with Crippen molar-refractivity contribution in [1.82, 2.24) is 25.2 Å². The molecule has 0 atom stereocenters. The predicted octanol–water partition coefficient (Wildman–Crippen LogP) is 3.69. The number of aromatic nitrogens is 5. The SMILES string of the molecule is CC(C)c1cccc2c(-c3ccc(Cn4cnnn4)cc3)c(C(=O)O)[nH]c12. The van der Waals surface area contributed by atoms with E-state index in [1.165, 1.54) is 0 Å². The normalized spacial score (nSPS) is 11.4. The van der Waals surface area contributed by atoms with Crippen molar-refractivity contribution in [1.29, 1.82) is 0 Å². The van der Waals surface area contributed by atoms with Crippen molar-refractivity contribution >= 4 is 16.9 Å². The minimum absolute atomic E-state index is 0.214. The number of carbonyl (C=O) groups is 1. The number of nitrogens with zero attached hydrogens (tertiary/aromatic N) is 4. The topological polar surface area (TPSA) is 96.7 Å². The van der Waals surface area contributed by atoms with Crippen LogP contribution in [0.4, 0.5) is 0 Å². The third-order valence-corrected chi connectivity index (χ3v) is 4.68. The molecule has 0 fully saturated rings. The summed E-state index contributed by atoms with van der Waals surface area (Å²) in [5.74, 6) is -0.672. The number of hydrogen-bond acceptors (Lipinski definition) is 4. The fourth-order valence-electron chi connectivity index (χ4n) is 3.40. The molecule has 0 unspecified atom stereocenters. The summed E-state index contributed by atoms with van der Waals surface area (Å²) in [6, 6.07) is 13.8. The van der Waals surface area contributed by atoms with Crippen LogP contribution in [0.5, 0.6) is 0 Å². The summed E-state index contributed by atoms with van der Waals surface area (Å²) < 4.78 is 1.64. The Kier molecular flexibility index (Phi) is 4.19. The standard InChI is InChI=1S/C20H19N5O2/c1-12(2)15-4-3-5-16-17(19(20(26)27)22-18(15)16)14-8-6-13(7-9-14)10-25-11-21-23-24-25/h3-9,11-12,22H,10H2,1-2H3,(H,26,27). The van der Waals surface area contributed by atoms with Crippen LogP contribution in [0.2, 0.25) is 0 Å². The largest absolute Gasteiger partial charge is 0.477 e.